The lowest BCUT2D eigenvalue weighted by molar-refractivity contribution is -0.121. The highest BCUT2D eigenvalue weighted by molar-refractivity contribution is 5.76. The fraction of sp³-hybridized carbons (Fsp3) is 0.778. The molecule has 0 saturated carbocycles. The molecular formula is C9H14O4. The topological polar surface area (TPSA) is 52.6 Å². The van der Waals surface area contributed by atoms with Gasteiger partial charge in [-0.05, 0) is 13.3 Å². The molecule has 0 amide bonds. The Balaban J connectivity index is 2.47. The first-order valence-corrected chi connectivity index (χ1v) is 4.48. The van der Waals surface area contributed by atoms with Crippen LogP contribution in [0.2, 0.25) is 0 Å². The molecule has 13 heavy (non-hydrogen) atoms. The molecule has 0 unspecified atom stereocenters. The lowest BCUT2D eigenvalue weighted by Gasteiger charge is -2.27. The molecule has 1 saturated heterocycles. The Morgan fingerprint density at radius 1 is 1.46 bits per heavy atom. The van der Waals surface area contributed by atoms with Crippen molar-refractivity contribution in [2.75, 3.05) is 0 Å². The average molecular weight is 186 g/mol. The van der Waals surface area contributed by atoms with Gasteiger partial charge in [-0.3, -0.25) is 4.79 Å². The summed E-state index contributed by atoms with van der Waals surface area (Å²) in [6, 6.07) is 0. The maximum atomic E-state index is 10.9. The fourth-order valence-electron chi connectivity index (χ4n) is 1.39. The van der Waals surface area contributed by atoms with Gasteiger partial charge in [0, 0.05) is 12.8 Å². The van der Waals surface area contributed by atoms with Crippen LogP contribution < -0.4 is 0 Å². The summed E-state index contributed by atoms with van der Waals surface area (Å²) in [6.07, 6.45) is 0.662. The summed E-state index contributed by atoms with van der Waals surface area (Å²) >= 11 is 0. The zero-order chi connectivity index (χ0) is 9.84. The summed E-state index contributed by atoms with van der Waals surface area (Å²) in [7, 11) is 0. The van der Waals surface area contributed by atoms with Crippen LogP contribution in [0.15, 0.2) is 0 Å². The van der Waals surface area contributed by atoms with E-state index in [1.165, 1.54) is 6.92 Å². The van der Waals surface area contributed by atoms with Crippen molar-refractivity contribution in [2.45, 2.75) is 45.3 Å². The summed E-state index contributed by atoms with van der Waals surface area (Å²) in [5.74, 6) is 0.0366. The third-order valence-electron chi connectivity index (χ3n) is 2.02. The maximum Gasteiger partial charge on any atom is 0.508 e. The molecule has 0 N–H and O–H groups in total. The van der Waals surface area contributed by atoms with Gasteiger partial charge in [0.2, 0.25) is 0 Å². The highest BCUT2D eigenvalue weighted by atomic mass is 16.7. The minimum Gasteiger partial charge on any atom is -0.431 e. The molecule has 1 aliphatic rings. The summed E-state index contributed by atoms with van der Waals surface area (Å²) in [5.41, 5.74) is 0. The average Bonchev–Trinajstić information content (AvgIpc) is 2.01. The molecular weight excluding hydrogens is 172 g/mol. The van der Waals surface area contributed by atoms with Gasteiger partial charge in [0.1, 0.15) is 18.0 Å². The van der Waals surface area contributed by atoms with Gasteiger partial charge in [0.05, 0.1) is 0 Å². The highest BCUT2D eigenvalue weighted by Crippen LogP contribution is 2.19. The minimum absolute atomic E-state index is 0.0366. The molecule has 1 fully saturated rings. The number of Topliss-reactive ketones (excluding diaryl/α,β-unsaturated/α-hetero) is 1. The van der Waals surface area contributed by atoms with Gasteiger partial charge in [-0.2, -0.15) is 0 Å². The fourth-order valence-corrected chi connectivity index (χ4v) is 1.39. The second-order valence-electron chi connectivity index (χ2n) is 3.28. The minimum atomic E-state index is -0.649. The van der Waals surface area contributed by atoms with Crippen LogP contribution in [0.3, 0.4) is 0 Å². The second-order valence-corrected chi connectivity index (χ2v) is 3.28. The van der Waals surface area contributed by atoms with Crippen molar-refractivity contribution < 1.29 is 19.1 Å². The van der Waals surface area contributed by atoms with Gasteiger partial charge in [0.15, 0.2) is 0 Å². The predicted molar refractivity (Wildman–Crippen MR) is 45.3 cm³/mol. The zero-order valence-corrected chi connectivity index (χ0v) is 7.91. The monoisotopic (exact) mass is 186 g/mol. The van der Waals surface area contributed by atoms with Crippen molar-refractivity contribution in [3.8, 4) is 0 Å². The smallest absolute Gasteiger partial charge is 0.431 e. The molecule has 1 heterocycles. The van der Waals surface area contributed by atoms with E-state index in [1.54, 1.807) is 0 Å². The molecule has 0 aromatic rings. The van der Waals surface area contributed by atoms with Crippen molar-refractivity contribution in [1.82, 2.24) is 0 Å². The molecule has 4 nitrogen and oxygen atoms in total. The van der Waals surface area contributed by atoms with E-state index in [2.05, 4.69) is 0 Å². The molecule has 1 aliphatic heterocycles. The van der Waals surface area contributed by atoms with E-state index in [1.807, 2.05) is 6.92 Å². The number of ketones is 1. The molecule has 2 atom stereocenters. The molecule has 74 valence electrons. The molecule has 0 bridgehead atoms. The summed E-state index contributed by atoms with van der Waals surface area (Å²) < 4.78 is 9.72. The van der Waals surface area contributed by atoms with Crippen LogP contribution in [0, 0.1) is 0 Å². The van der Waals surface area contributed by atoms with Crippen LogP contribution in [0.4, 0.5) is 4.79 Å². The zero-order valence-electron chi connectivity index (χ0n) is 7.91. The van der Waals surface area contributed by atoms with Crippen LogP contribution in [0.25, 0.3) is 0 Å². The lowest BCUT2D eigenvalue weighted by atomic mass is 10.0. The lowest BCUT2D eigenvalue weighted by Crippen LogP contribution is -2.35. The van der Waals surface area contributed by atoms with Gasteiger partial charge < -0.3 is 9.47 Å². The Morgan fingerprint density at radius 2 is 2.08 bits per heavy atom. The van der Waals surface area contributed by atoms with Crippen molar-refractivity contribution in [3.63, 3.8) is 0 Å². The SMILES string of the molecule is CC[C@@H]1C[C@H](CC(C)=O)OC(=O)O1. The summed E-state index contributed by atoms with van der Waals surface area (Å²) in [6.45, 7) is 3.43. The Labute approximate surface area is 77.2 Å². The molecule has 0 aromatic carbocycles. The van der Waals surface area contributed by atoms with E-state index in [-0.39, 0.29) is 18.0 Å². The Hall–Kier alpha value is -1.06. The second kappa shape index (κ2) is 4.25. The Bertz CT molecular complexity index is 210. The number of rotatable bonds is 3. The number of carbonyl (C=O) groups excluding carboxylic acids is 2. The number of ether oxygens (including phenoxy) is 2. The van der Waals surface area contributed by atoms with Crippen molar-refractivity contribution in [1.29, 1.82) is 0 Å². The van der Waals surface area contributed by atoms with Gasteiger partial charge in [-0.1, -0.05) is 6.92 Å². The third kappa shape index (κ3) is 3.05. The van der Waals surface area contributed by atoms with Crippen LogP contribution in [-0.4, -0.2) is 24.1 Å². The molecule has 4 heteroatoms. The molecule has 0 spiro atoms. The van der Waals surface area contributed by atoms with Gasteiger partial charge in [-0.25, -0.2) is 4.79 Å². The van der Waals surface area contributed by atoms with E-state index < -0.39 is 6.16 Å². The first-order valence-electron chi connectivity index (χ1n) is 4.48. The van der Waals surface area contributed by atoms with Crippen LogP contribution in [0.5, 0.6) is 0 Å². The van der Waals surface area contributed by atoms with Crippen molar-refractivity contribution in [3.05, 3.63) is 0 Å². The van der Waals surface area contributed by atoms with Crippen molar-refractivity contribution >= 4 is 11.9 Å². The Morgan fingerprint density at radius 3 is 2.62 bits per heavy atom. The largest absolute Gasteiger partial charge is 0.508 e. The number of hydrogen-bond acceptors (Lipinski definition) is 4. The predicted octanol–water partition coefficient (Wildman–Crippen LogP) is 1.67. The maximum absolute atomic E-state index is 10.9. The molecule has 0 aromatic heterocycles. The van der Waals surface area contributed by atoms with Crippen LogP contribution in [-0.2, 0) is 14.3 Å². The van der Waals surface area contributed by atoms with E-state index >= 15 is 0 Å². The van der Waals surface area contributed by atoms with Crippen LogP contribution >= 0.6 is 0 Å². The number of hydrogen-bond donors (Lipinski definition) is 0. The number of cyclic esters (lactones) is 2. The quantitative estimate of drug-likeness (QED) is 0.629. The number of carbonyl (C=O) groups is 2. The summed E-state index contributed by atoms with van der Waals surface area (Å²) in [5, 5.41) is 0. The van der Waals surface area contributed by atoms with E-state index in [9.17, 15) is 9.59 Å². The third-order valence-corrected chi connectivity index (χ3v) is 2.02. The van der Waals surface area contributed by atoms with Gasteiger partial charge in [0.25, 0.3) is 0 Å². The normalized spacial score (nSPS) is 27.7. The first-order chi connectivity index (χ1) is 6.11. The molecule has 1 rings (SSSR count). The van der Waals surface area contributed by atoms with E-state index in [0.29, 0.717) is 12.8 Å². The standard InChI is InChI=1S/C9H14O4/c1-3-7-5-8(4-6(2)10)13-9(11)12-7/h7-8H,3-5H2,1-2H3/t7-,8+/m1/s1. The van der Waals surface area contributed by atoms with Crippen molar-refractivity contribution in [2.24, 2.45) is 0 Å². The van der Waals surface area contributed by atoms with E-state index in [4.69, 9.17) is 9.47 Å². The van der Waals surface area contributed by atoms with Gasteiger partial charge in [-0.15, -0.1) is 0 Å². The van der Waals surface area contributed by atoms with Crippen LogP contribution in [0.1, 0.15) is 33.1 Å². The van der Waals surface area contributed by atoms with Gasteiger partial charge >= 0.3 is 6.16 Å². The molecule has 0 radical (unpaired) electrons. The highest BCUT2D eigenvalue weighted by Gasteiger charge is 2.29. The van der Waals surface area contributed by atoms with E-state index in [0.717, 1.165) is 6.42 Å². The summed E-state index contributed by atoms with van der Waals surface area (Å²) in [4.78, 5) is 21.7. The molecule has 0 aliphatic carbocycles. The Kier molecular flexibility index (Phi) is 3.28. The first kappa shape index (κ1) is 10.0.